The van der Waals surface area contributed by atoms with Gasteiger partial charge in [0.2, 0.25) is 0 Å². The highest BCUT2D eigenvalue weighted by atomic mass is 16.5. The van der Waals surface area contributed by atoms with Crippen LogP contribution >= 0.6 is 0 Å². The normalized spacial score (nSPS) is 28.7. The second-order valence-electron chi connectivity index (χ2n) is 7.33. The molecule has 2 rings (SSSR count). The molecule has 21 heavy (non-hydrogen) atoms. The smallest absolute Gasteiger partial charge is 0.0661 e. The van der Waals surface area contributed by atoms with E-state index in [9.17, 15) is 0 Å². The summed E-state index contributed by atoms with van der Waals surface area (Å²) in [4.78, 5) is 2.41. The number of likely N-dealkylation sites (N-methyl/N-ethyl adjacent to an activating group) is 1. The van der Waals surface area contributed by atoms with Crippen LogP contribution in [-0.2, 0) is 4.74 Å². The summed E-state index contributed by atoms with van der Waals surface area (Å²) in [7, 11) is 4.46. The van der Waals surface area contributed by atoms with Crippen molar-refractivity contribution in [3.05, 3.63) is 0 Å². The van der Waals surface area contributed by atoms with E-state index in [1.807, 2.05) is 0 Å². The van der Waals surface area contributed by atoms with E-state index in [1.165, 1.54) is 38.5 Å². The summed E-state index contributed by atoms with van der Waals surface area (Å²) >= 11 is 0. The molecule has 3 heteroatoms. The van der Waals surface area contributed by atoms with Crippen LogP contribution in [0.4, 0.5) is 0 Å². The number of hydrogen-bond acceptors (Lipinski definition) is 3. The molecule has 2 aliphatic carbocycles. The highest BCUT2D eigenvalue weighted by molar-refractivity contribution is 5.12. The Morgan fingerprint density at radius 2 is 1.86 bits per heavy atom. The molecule has 0 aliphatic heterocycles. The van der Waals surface area contributed by atoms with Crippen molar-refractivity contribution in [1.82, 2.24) is 10.2 Å². The molecule has 0 bridgehead atoms. The molecule has 2 aliphatic rings. The largest absolute Gasteiger partial charge is 0.378 e. The second kappa shape index (κ2) is 7.43. The van der Waals surface area contributed by atoms with Crippen LogP contribution in [0.1, 0.15) is 59.3 Å². The van der Waals surface area contributed by atoms with Crippen LogP contribution < -0.4 is 5.32 Å². The lowest BCUT2D eigenvalue weighted by molar-refractivity contribution is -0.173. The third-order valence-corrected chi connectivity index (χ3v) is 6.27. The van der Waals surface area contributed by atoms with E-state index in [-0.39, 0.29) is 0 Å². The van der Waals surface area contributed by atoms with Gasteiger partial charge in [-0.3, -0.25) is 0 Å². The van der Waals surface area contributed by atoms with Gasteiger partial charge in [-0.15, -0.1) is 0 Å². The van der Waals surface area contributed by atoms with Gasteiger partial charge in [-0.1, -0.05) is 33.1 Å². The van der Waals surface area contributed by atoms with Crippen molar-refractivity contribution >= 4 is 0 Å². The van der Waals surface area contributed by atoms with Crippen molar-refractivity contribution in [2.24, 2.45) is 11.3 Å². The Kier molecular flexibility index (Phi) is 6.10. The SMILES string of the molecule is CCOC1CC(NCC(C(CC)CC)N(C)C)C12CCC2. The topological polar surface area (TPSA) is 24.5 Å². The third kappa shape index (κ3) is 3.30. The molecule has 0 saturated heterocycles. The summed E-state index contributed by atoms with van der Waals surface area (Å²) in [6, 6.07) is 1.35. The zero-order chi connectivity index (χ0) is 15.5. The van der Waals surface area contributed by atoms with E-state index >= 15 is 0 Å². The average Bonchev–Trinajstić information content (AvgIpc) is 2.38. The molecule has 0 aromatic carbocycles. The van der Waals surface area contributed by atoms with Gasteiger partial charge in [0, 0.05) is 30.7 Å². The number of nitrogens with zero attached hydrogens (tertiary/aromatic N) is 1. The molecule has 3 nitrogen and oxygen atoms in total. The molecule has 1 spiro atoms. The first-order valence-corrected chi connectivity index (χ1v) is 9.10. The van der Waals surface area contributed by atoms with Crippen LogP contribution in [0.2, 0.25) is 0 Å². The van der Waals surface area contributed by atoms with Crippen LogP contribution in [0.3, 0.4) is 0 Å². The van der Waals surface area contributed by atoms with E-state index < -0.39 is 0 Å². The molecule has 0 heterocycles. The fourth-order valence-electron chi connectivity index (χ4n) is 4.59. The van der Waals surface area contributed by atoms with Crippen LogP contribution in [0, 0.1) is 11.3 Å². The Labute approximate surface area is 131 Å². The van der Waals surface area contributed by atoms with Gasteiger partial charge < -0.3 is 15.0 Å². The molecular weight excluding hydrogens is 260 g/mol. The fraction of sp³-hybridized carbons (Fsp3) is 1.00. The standard InChI is InChI=1S/C18H36N2O/c1-6-14(7-2)15(20(4)5)13-19-16-12-17(21-8-3)18(16)10-9-11-18/h14-17,19H,6-13H2,1-5H3. The lowest BCUT2D eigenvalue weighted by Crippen LogP contribution is -2.67. The molecule has 2 fully saturated rings. The summed E-state index contributed by atoms with van der Waals surface area (Å²) in [6.45, 7) is 8.78. The maximum absolute atomic E-state index is 5.96. The Hall–Kier alpha value is -0.120. The molecule has 1 N–H and O–H groups in total. The van der Waals surface area contributed by atoms with E-state index in [4.69, 9.17) is 4.74 Å². The number of ether oxygens (including phenoxy) is 1. The van der Waals surface area contributed by atoms with E-state index in [0.717, 1.165) is 19.1 Å². The second-order valence-corrected chi connectivity index (χ2v) is 7.33. The molecule has 3 atom stereocenters. The summed E-state index contributed by atoms with van der Waals surface area (Å²) in [5.41, 5.74) is 0.487. The minimum atomic E-state index is 0.487. The van der Waals surface area contributed by atoms with Crippen molar-refractivity contribution < 1.29 is 4.74 Å². The molecule has 0 amide bonds. The number of hydrogen-bond donors (Lipinski definition) is 1. The maximum atomic E-state index is 5.96. The first kappa shape index (κ1) is 17.2. The fourth-order valence-corrected chi connectivity index (χ4v) is 4.59. The van der Waals surface area contributed by atoms with Crippen molar-refractivity contribution in [1.29, 1.82) is 0 Å². The summed E-state index contributed by atoms with van der Waals surface area (Å²) in [5, 5.41) is 3.91. The Morgan fingerprint density at radius 1 is 1.19 bits per heavy atom. The van der Waals surface area contributed by atoms with Gasteiger partial charge in [0.1, 0.15) is 0 Å². The van der Waals surface area contributed by atoms with Crippen molar-refractivity contribution in [3.8, 4) is 0 Å². The van der Waals surface area contributed by atoms with Crippen LogP contribution in [0.25, 0.3) is 0 Å². The van der Waals surface area contributed by atoms with Crippen molar-refractivity contribution in [2.45, 2.75) is 77.5 Å². The Balaban J connectivity index is 1.87. The highest BCUT2D eigenvalue weighted by Crippen LogP contribution is 2.57. The third-order valence-electron chi connectivity index (χ3n) is 6.27. The van der Waals surface area contributed by atoms with Crippen molar-refractivity contribution in [2.75, 3.05) is 27.2 Å². The molecular formula is C18H36N2O. The highest BCUT2D eigenvalue weighted by Gasteiger charge is 2.58. The molecule has 124 valence electrons. The van der Waals surface area contributed by atoms with Crippen LogP contribution in [0.15, 0.2) is 0 Å². The van der Waals surface area contributed by atoms with E-state index in [1.54, 1.807) is 0 Å². The quantitative estimate of drug-likeness (QED) is 0.706. The molecule has 0 radical (unpaired) electrons. The van der Waals surface area contributed by atoms with Gasteiger partial charge in [0.05, 0.1) is 6.10 Å². The van der Waals surface area contributed by atoms with Gasteiger partial charge in [-0.05, 0) is 46.2 Å². The van der Waals surface area contributed by atoms with Crippen LogP contribution in [0.5, 0.6) is 0 Å². The molecule has 3 unspecified atom stereocenters. The number of rotatable bonds is 9. The van der Waals surface area contributed by atoms with Gasteiger partial charge in [-0.2, -0.15) is 0 Å². The van der Waals surface area contributed by atoms with Gasteiger partial charge in [0.15, 0.2) is 0 Å². The molecule has 0 aromatic rings. The Morgan fingerprint density at radius 3 is 2.29 bits per heavy atom. The van der Waals surface area contributed by atoms with Gasteiger partial charge in [0.25, 0.3) is 0 Å². The minimum Gasteiger partial charge on any atom is -0.378 e. The van der Waals surface area contributed by atoms with Crippen LogP contribution in [-0.4, -0.2) is 50.3 Å². The summed E-state index contributed by atoms with van der Waals surface area (Å²) < 4.78 is 5.96. The summed E-state index contributed by atoms with van der Waals surface area (Å²) in [5.74, 6) is 0.799. The van der Waals surface area contributed by atoms with Gasteiger partial charge in [-0.25, -0.2) is 0 Å². The minimum absolute atomic E-state index is 0.487. The first-order chi connectivity index (χ1) is 10.1. The van der Waals surface area contributed by atoms with Crippen molar-refractivity contribution in [3.63, 3.8) is 0 Å². The molecule has 0 aromatic heterocycles. The zero-order valence-electron chi connectivity index (χ0n) is 14.8. The first-order valence-electron chi connectivity index (χ1n) is 9.10. The zero-order valence-corrected chi connectivity index (χ0v) is 14.8. The lowest BCUT2D eigenvalue weighted by atomic mass is 9.51. The lowest BCUT2D eigenvalue weighted by Gasteiger charge is -2.61. The predicted molar refractivity (Wildman–Crippen MR) is 89.7 cm³/mol. The Bertz CT molecular complexity index is 310. The van der Waals surface area contributed by atoms with Gasteiger partial charge >= 0.3 is 0 Å². The van der Waals surface area contributed by atoms with E-state index in [0.29, 0.717) is 23.6 Å². The summed E-state index contributed by atoms with van der Waals surface area (Å²) in [6.07, 6.45) is 8.43. The van der Waals surface area contributed by atoms with E-state index in [2.05, 4.69) is 45.1 Å². The number of nitrogens with one attached hydrogen (secondary N) is 1. The molecule has 2 saturated carbocycles. The average molecular weight is 296 g/mol. The predicted octanol–water partition coefficient (Wildman–Crippen LogP) is 3.29. The maximum Gasteiger partial charge on any atom is 0.0661 e. The monoisotopic (exact) mass is 296 g/mol.